The predicted octanol–water partition coefficient (Wildman–Crippen LogP) is 3.12. The Kier molecular flexibility index (Phi) is 4.79. The van der Waals surface area contributed by atoms with E-state index < -0.39 is 0 Å². The average Bonchev–Trinajstić information content (AvgIpc) is 3.33. The molecule has 3 aromatic rings. The van der Waals surface area contributed by atoms with Crippen LogP contribution < -0.4 is 10.2 Å². The average molecular weight is 391 g/mol. The zero-order valence-corrected chi connectivity index (χ0v) is 17.3. The van der Waals surface area contributed by atoms with Crippen molar-refractivity contribution in [2.24, 2.45) is 0 Å². The zero-order valence-electron chi connectivity index (χ0n) is 16.5. The molecule has 1 aliphatic heterocycles. The van der Waals surface area contributed by atoms with Gasteiger partial charge in [-0.2, -0.15) is 0 Å². The second-order valence-electron chi connectivity index (χ2n) is 7.27. The monoisotopic (exact) mass is 391 g/mol. The smallest absolute Gasteiger partial charge is 0.289 e. The van der Waals surface area contributed by atoms with Crippen LogP contribution in [0.2, 0.25) is 0 Å². The van der Waals surface area contributed by atoms with Gasteiger partial charge in [-0.05, 0) is 43.3 Å². The summed E-state index contributed by atoms with van der Waals surface area (Å²) in [6, 6.07) is 8.08. The van der Waals surface area contributed by atoms with Crippen molar-refractivity contribution in [1.29, 1.82) is 0 Å². The van der Waals surface area contributed by atoms with Crippen molar-refractivity contribution in [3.8, 4) is 27.6 Å². The van der Waals surface area contributed by atoms with Gasteiger partial charge in [0.25, 0.3) is 5.91 Å². The number of rotatable bonds is 4. The summed E-state index contributed by atoms with van der Waals surface area (Å²) in [4.78, 5) is 20.7. The summed E-state index contributed by atoms with van der Waals surface area (Å²) in [5.41, 5.74) is 4.55. The number of amides is 1. The molecule has 1 amide bonds. The largest absolute Gasteiger partial charge is 0.497 e. The third kappa shape index (κ3) is 2.94. The number of aryl methyl sites for hydroxylation is 1. The Hall–Kier alpha value is -2.54. The summed E-state index contributed by atoms with van der Waals surface area (Å²) in [7, 11) is 9.65. The van der Waals surface area contributed by atoms with Crippen LogP contribution in [0.15, 0.2) is 29.6 Å². The maximum absolute atomic E-state index is 13.1. The van der Waals surface area contributed by atoms with Crippen LogP contribution >= 0.6 is 11.3 Å². The van der Waals surface area contributed by atoms with Gasteiger partial charge < -0.3 is 14.2 Å². The maximum atomic E-state index is 13.1. The Labute approximate surface area is 170 Å². The zero-order chi connectivity index (χ0) is 20.0. The molecular weight excluding hydrogens is 369 g/mol. The molecule has 4 rings (SSSR count). The molecule has 2 aromatic heterocycles. The standard InChI is InChI=1S/C21H22BN3O2S/c1-12(2)24(3)21(26)20-23-18(17-6-5-9-28-17)19-14-11-15(22)16(27-4)10-13(14)7-8-25(19)20/h5-6,9-12H,7-8H2,1-4H3. The van der Waals surface area contributed by atoms with Crippen LogP contribution in [-0.2, 0) is 13.0 Å². The molecule has 3 heterocycles. The van der Waals surface area contributed by atoms with Crippen molar-refractivity contribution in [2.45, 2.75) is 32.9 Å². The minimum absolute atomic E-state index is 0.0658. The third-order valence-corrected chi connectivity index (χ3v) is 6.20. The Balaban J connectivity index is 1.95. The normalized spacial score (nSPS) is 12.6. The number of ether oxygens (including phenoxy) is 1. The molecule has 5 nitrogen and oxygen atoms in total. The highest BCUT2D eigenvalue weighted by molar-refractivity contribution is 7.13. The van der Waals surface area contributed by atoms with E-state index in [2.05, 4.69) is 0 Å². The number of fused-ring (bicyclic) bond motifs is 3. The number of thiophene rings is 1. The van der Waals surface area contributed by atoms with Gasteiger partial charge in [-0.3, -0.25) is 4.79 Å². The second-order valence-corrected chi connectivity index (χ2v) is 8.22. The lowest BCUT2D eigenvalue weighted by Gasteiger charge is -2.25. The summed E-state index contributed by atoms with van der Waals surface area (Å²) >= 11 is 1.62. The Morgan fingerprint density at radius 1 is 1.39 bits per heavy atom. The summed E-state index contributed by atoms with van der Waals surface area (Å²) < 4.78 is 7.44. The number of aromatic nitrogens is 2. The fourth-order valence-corrected chi connectivity index (χ4v) is 4.27. The lowest BCUT2D eigenvalue weighted by molar-refractivity contribution is 0.0737. The van der Waals surface area contributed by atoms with Crippen molar-refractivity contribution >= 4 is 30.6 Å². The molecule has 28 heavy (non-hydrogen) atoms. The molecule has 0 unspecified atom stereocenters. The first-order valence-electron chi connectivity index (χ1n) is 9.30. The quantitative estimate of drug-likeness (QED) is 0.642. The summed E-state index contributed by atoms with van der Waals surface area (Å²) in [6.45, 7) is 4.70. The van der Waals surface area contributed by atoms with E-state index in [0.717, 1.165) is 33.8 Å². The van der Waals surface area contributed by atoms with Gasteiger partial charge in [0.05, 0.1) is 17.7 Å². The van der Waals surface area contributed by atoms with E-state index in [1.165, 1.54) is 0 Å². The predicted molar refractivity (Wildman–Crippen MR) is 114 cm³/mol. The van der Waals surface area contributed by atoms with Gasteiger partial charge in [0.1, 0.15) is 19.3 Å². The summed E-state index contributed by atoms with van der Waals surface area (Å²) in [6.07, 6.45) is 0.797. The molecule has 1 aromatic carbocycles. The highest BCUT2D eigenvalue weighted by Crippen LogP contribution is 2.40. The Morgan fingerprint density at radius 3 is 2.82 bits per heavy atom. The number of imidazole rings is 1. The first kappa shape index (κ1) is 18.8. The Morgan fingerprint density at radius 2 is 2.18 bits per heavy atom. The van der Waals surface area contributed by atoms with Gasteiger partial charge in [-0.25, -0.2) is 4.98 Å². The highest BCUT2D eigenvalue weighted by Gasteiger charge is 2.30. The molecule has 0 aliphatic carbocycles. The topological polar surface area (TPSA) is 47.4 Å². The molecule has 142 valence electrons. The molecule has 0 bridgehead atoms. The summed E-state index contributed by atoms with van der Waals surface area (Å²) in [5, 5.41) is 2.02. The van der Waals surface area contributed by atoms with Gasteiger partial charge in [-0.1, -0.05) is 17.6 Å². The van der Waals surface area contributed by atoms with Crippen LogP contribution in [-0.4, -0.2) is 48.4 Å². The highest BCUT2D eigenvalue weighted by atomic mass is 32.1. The van der Waals surface area contributed by atoms with Crippen molar-refractivity contribution in [3.63, 3.8) is 0 Å². The van der Waals surface area contributed by atoms with Crippen molar-refractivity contribution in [1.82, 2.24) is 14.5 Å². The first-order chi connectivity index (χ1) is 13.4. The SMILES string of the molecule is [B]c1cc2c(cc1OC)CCn1c(C(=O)N(C)C(C)C)nc(-c3cccs3)c1-2. The number of hydrogen-bond acceptors (Lipinski definition) is 4. The lowest BCUT2D eigenvalue weighted by atomic mass is 9.87. The van der Waals surface area contributed by atoms with Crippen molar-refractivity contribution in [2.75, 3.05) is 14.2 Å². The minimum Gasteiger partial charge on any atom is -0.497 e. The second kappa shape index (κ2) is 7.13. The van der Waals surface area contributed by atoms with Crippen molar-refractivity contribution < 1.29 is 9.53 Å². The van der Waals surface area contributed by atoms with E-state index >= 15 is 0 Å². The van der Waals surface area contributed by atoms with E-state index in [4.69, 9.17) is 17.6 Å². The van der Waals surface area contributed by atoms with Gasteiger partial charge in [0, 0.05) is 25.2 Å². The first-order valence-corrected chi connectivity index (χ1v) is 10.2. The molecule has 2 radical (unpaired) electrons. The van der Waals surface area contributed by atoms with Gasteiger partial charge in [0.15, 0.2) is 5.82 Å². The van der Waals surface area contributed by atoms with Crippen molar-refractivity contribution in [3.05, 3.63) is 41.0 Å². The van der Waals surface area contributed by atoms with E-state index in [0.29, 0.717) is 23.6 Å². The van der Waals surface area contributed by atoms with E-state index in [1.54, 1.807) is 23.3 Å². The number of benzene rings is 1. The van der Waals surface area contributed by atoms with Crippen LogP contribution in [0, 0.1) is 0 Å². The van der Waals surface area contributed by atoms with Crippen LogP contribution in [0.5, 0.6) is 5.75 Å². The van der Waals surface area contributed by atoms with Crippen LogP contribution in [0.25, 0.3) is 21.8 Å². The number of hydrogen-bond donors (Lipinski definition) is 0. The van der Waals surface area contributed by atoms with Gasteiger partial charge in [-0.15, -0.1) is 11.3 Å². The molecular formula is C21H22BN3O2S. The molecule has 0 saturated heterocycles. The number of carbonyl (C=O) groups excluding carboxylic acids is 1. The number of carbonyl (C=O) groups is 1. The van der Waals surface area contributed by atoms with Gasteiger partial charge in [0.2, 0.25) is 0 Å². The molecule has 7 heteroatoms. The fraction of sp³-hybridized carbons (Fsp3) is 0.333. The van der Waals surface area contributed by atoms with Crippen LogP contribution in [0.3, 0.4) is 0 Å². The number of nitrogens with zero attached hydrogens (tertiary/aromatic N) is 3. The molecule has 0 saturated carbocycles. The molecule has 1 aliphatic rings. The minimum atomic E-state index is -0.0658. The van der Waals surface area contributed by atoms with E-state index in [9.17, 15) is 4.79 Å². The fourth-order valence-electron chi connectivity index (χ4n) is 3.56. The molecule has 0 N–H and O–H groups in total. The van der Waals surface area contributed by atoms with E-state index in [1.807, 2.05) is 55.1 Å². The number of methoxy groups -OCH3 is 1. The third-order valence-electron chi connectivity index (χ3n) is 5.32. The maximum Gasteiger partial charge on any atom is 0.289 e. The Bertz CT molecular complexity index is 1040. The van der Waals surface area contributed by atoms with Gasteiger partial charge >= 0.3 is 0 Å². The molecule has 0 atom stereocenters. The lowest BCUT2D eigenvalue weighted by Crippen LogP contribution is -2.35. The molecule has 0 fully saturated rings. The van der Waals surface area contributed by atoms with Crippen LogP contribution in [0.1, 0.15) is 30.0 Å². The van der Waals surface area contributed by atoms with Crippen LogP contribution in [0.4, 0.5) is 0 Å². The summed E-state index contributed by atoms with van der Waals surface area (Å²) in [5.74, 6) is 1.10. The van der Waals surface area contributed by atoms with E-state index in [-0.39, 0.29) is 11.9 Å². The molecule has 0 spiro atoms.